The molecule has 1 aliphatic heterocycles. The maximum atomic E-state index is 12.8. The van der Waals surface area contributed by atoms with E-state index in [1.807, 2.05) is 31.2 Å². The molecule has 2 aromatic carbocycles. The van der Waals surface area contributed by atoms with Crippen LogP contribution in [0.15, 0.2) is 48.5 Å². The van der Waals surface area contributed by atoms with Crippen LogP contribution in [0.5, 0.6) is 5.75 Å². The van der Waals surface area contributed by atoms with Gasteiger partial charge in [0, 0.05) is 26.2 Å². The Balaban J connectivity index is 1.59. The largest absolute Gasteiger partial charge is 0.495 e. The number of methoxy groups -OCH3 is 1. The van der Waals surface area contributed by atoms with Gasteiger partial charge in [-0.2, -0.15) is 0 Å². The number of esters is 1. The Morgan fingerprint density at radius 1 is 1.00 bits per heavy atom. The Labute approximate surface area is 177 Å². The number of nitrogens with one attached hydrogen (secondary N) is 1. The summed E-state index contributed by atoms with van der Waals surface area (Å²) >= 11 is 0. The van der Waals surface area contributed by atoms with E-state index < -0.39 is 5.97 Å². The lowest BCUT2D eigenvalue weighted by molar-refractivity contribution is 0.0501. The standard InChI is InChI=1S/C23H29N3O4/c1-3-4-17-30-22(27)18-9-5-6-10-19(18)24-23(28)26-15-13-25(14-16-26)20-11-7-8-12-21(20)29-2/h5-12H,3-4,13-17H2,1-2H3,(H,24,28). The number of piperazine rings is 1. The van der Waals surface area contributed by atoms with E-state index in [9.17, 15) is 9.59 Å². The van der Waals surface area contributed by atoms with Crippen molar-refractivity contribution in [3.05, 3.63) is 54.1 Å². The number of anilines is 2. The Kier molecular flexibility index (Phi) is 7.54. The molecule has 0 atom stereocenters. The summed E-state index contributed by atoms with van der Waals surface area (Å²) < 4.78 is 10.7. The van der Waals surface area contributed by atoms with Crippen LogP contribution in [0.3, 0.4) is 0 Å². The molecule has 1 aliphatic rings. The van der Waals surface area contributed by atoms with Crippen molar-refractivity contribution in [3.63, 3.8) is 0 Å². The molecule has 3 rings (SSSR count). The average Bonchev–Trinajstić information content (AvgIpc) is 2.79. The molecule has 0 saturated carbocycles. The van der Waals surface area contributed by atoms with Gasteiger partial charge < -0.3 is 24.6 Å². The minimum atomic E-state index is -0.416. The summed E-state index contributed by atoms with van der Waals surface area (Å²) in [6.45, 7) is 4.97. The Hall–Kier alpha value is -3.22. The molecule has 160 valence electrons. The molecule has 1 saturated heterocycles. The highest BCUT2D eigenvalue weighted by molar-refractivity contribution is 6.00. The number of para-hydroxylation sites is 3. The van der Waals surface area contributed by atoms with Gasteiger partial charge in [0.25, 0.3) is 0 Å². The molecular weight excluding hydrogens is 382 g/mol. The fourth-order valence-electron chi connectivity index (χ4n) is 3.39. The molecule has 0 bridgehead atoms. The van der Waals surface area contributed by atoms with Gasteiger partial charge >= 0.3 is 12.0 Å². The Morgan fingerprint density at radius 3 is 2.43 bits per heavy atom. The SMILES string of the molecule is CCCCOC(=O)c1ccccc1NC(=O)N1CCN(c2ccccc2OC)CC1. The highest BCUT2D eigenvalue weighted by Crippen LogP contribution is 2.28. The number of carbonyl (C=O) groups excluding carboxylic acids is 2. The van der Waals surface area contributed by atoms with E-state index in [4.69, 9.17) is 9.47 Å². The molecular formula is C23H29N3O4. The Morgan fingerprint density at radius 2 is 1.70 bits per heavy atom. The van der Waals surface area contributed by atoms with E-state index in [0.29, 0.717) is 44.0 Å². The molecule has 7 nitrogen and oxygen atoms in total. The topological polar surface area (TPSA) is 71.1 Å². The molecule has 1 heterocycles. The van der Waals surface area contributed by atoms with Crippen LogP contribution in [0.4, 0.5) is 16.2 Å². The van der Waals surface area contributed by atoms with E-state index in [2.05, 4.69) is 10.2 Å². The van der Waals surface area contributed by atoms with Gasteiger partial charge in [-0.15, -0.1) is 0 Å². The van der Waals surface area contributed by atoms with Crippen LogP contribution >= 0.6 is 0 Å². The first-order valence-electron chi connectivity index (χ1n) is 10.3. The number of hydrogen-bond acceptors (Lipinski definition) is 5. The summed E-state index contributed by atoms with van der Waals surface area (Å²) in [5, 5.41) is 2.87. The number of carbonyl (C=O) groups is 2. The normalized spacial score (nSPS) is 13.7. The lowest BCUT2D eigenvalue weighted by Gasteiger charge is -2.36. The van der Waals surface area contributed by atoms with Gasteiger partial charge in [-0.25, -0.2) is 9.59 Å². The maximum absolute atomic E-state index is 12.8. The van der Waals surface area contributed by atoms with Crippen molar-refractivity contribution in [2.75, 3.05) is 50.1 Å². The number of amides is 2. The third-order valence-corrected chi connectivity index (χ3v) is 5.11. The third kappa shape index (κ3) is 5.23. The van der Waals surface area contributed by atoms with Gasteiger partial charge in [-0.05, 0) is 30.7 Å². The lowest BCUT2D eigenvalue weighted by atomic mass is 10.2. The van der Waals surface area contributed by atoms with Crippen molar-refractivity contribution in [2.45, 2.75) is 19.8 Å². The van der Waals surface area contributed by atoms with Crippen molar-refractivity contribution < 1.29 is 19.1 Å². The first-order chi connectivity index (χ1) is 14.6. The van der Waals surface area contributed by atoms with Crippen LogP contribution in [-0.2, 0) is 4.74 Å². The van der Waals surface area contributed by atoms with Crippen LogP contribution in [0, 0.1) is 0 Å². The average molecular weight is 412 g/mol. The molecule has 0 radical (unpaired) electrons. The Bertz CT molecular complexity index is 863. The predicted molar refractivity (Wildman–Crippen MR) is 117 cm³/mol. The molecule has 1 N–H and O–H groups in total. The van der Waals surface area contributed by atoms with Crippen molar-refractivity contribution in [2.24, 2.45) is 0 Å². The first kappa shape index (κ1) is 21.5. The van der Waals surface area contributed by atoms with Crippen molar-refractivity contribution in [1.29, 1.82) is 0 Å². The highest BCUT2D eigenvalue weighted by Gasteiger charge is 2.24. The summed E-state index contributed by atoms with van der Waals surface area (Å²) in [5.74, 6) is 0.409. The smallest absolute Gasteiger partial charge is 0.340 e. The molecule has 2 amide bonds. The molecule has 0 aromatic heterocycles. The summed E-state index contributed by atoms with van der Waals surface area (Å²) in [6, 6.07) is 14.6. The summed E-state index contributed by atoms with van der Waals surface area (Å²) in [5.41, 5.74) is 1.87. The number of rotatable bonds is 7. The van der Waals surface area contributed by atoms with Crippen molar-refractivity contribution in [1.82, 2.24) is 4.90 Å². The molecule has 0 aliphatic carbocycles. The van der Waals surface area contributed by atoms with Crippen molar-refractivity contribution >= 4 is 23.4 Å². The van der Waals surface area contributed by atoms with Crippen LogP contribution in [0.2, 0.25) is 0 Å². The lowest BCUT2D eigenvalue weighted by Crippen LogP contribution is -2.50. The number of urea groups is 1. The molecule has 2 aromatic rings. The minimum Gasteiger partial charge on any atom is -0.495 e. The van der Waals surface area contributed by atoms with Gasteiger partial charge in [0.15, 0.2) is 0 Å². The molecule has 7 heteroatoms. The van der Waals surface area contributed by atoms with Crippen LogP contribution in [-0.4, -0.2) is 56.8 Å². The fourth-order valence-corrected chi connectivity index (χ4v) is 3.39. The maximum Gasteiger partial charge on any atom is 0.340 e. The molecule has 0 spiro atoms. The van der Waals surface area contributed by atoms with Crippen LogP contribution in [0.1, 0.15) is 30.1 Å². The number of unbranched alkanes of at least 4 members (excludes halogenated alkanes) is 1. The fraction of sp³-hybridized carbons (Fsp3) is 0.391. The van der Waals surface area contributed by atoms with Gasteiger partial charge in [0.1, 0.15) is 5.75 Å². The minimum absolute atomic E-state index is 0.219. The quantitative estimate of drug-likeness (QED) is 0.551. The number of hydrogen-bond donors (Lipinski definition) is 1. The number of nitrogens with zero attached hydrogens (tertiary/aromatic N) is 2. The molecule has 1 fully saturated rings. The van der Waals surface area contributed by atoms with E-state index >= 15 is 0 Å². The monoisotopic (exact) mass is 411 g/mol. The summed E-state index contributed by atoms with van der Waals surface area (Å²) in [4.78, 5) is 29.1. The highest BCUT2D eigenvalue weighted by atomic mass is 16.5. The van der Waals surface area contributed by atoms with Crippen LogP contribution in [0.25, 0.3) is 0 Å². The molecule has 30 heavy (non-hydrogen) atoms. The number of ether oxygens (including phenoxy) is 2. The van der Waals surface area contributed by atoms with E-state index in [-0.39, 0.29) is 6.03 Å². The zero-order valence-corrected chi connectivity index (χ0v) is 17.6. The summed E-state index contributed by atoms with van der Waals surface area (Å²) in [7, 11) is 1.66. The second-order valence-electron chi connectivity index (χ2n) is 7.11. The van der Waals surface area contributed by atoms with Gasteiger partial charge in [0.05, 0.1) is 30.7 Å². The molecule has 0 unspecified atom stereocenters. The van der Waals surface area contributed by atoms with Gasteiger partial charge in [-0.3, -0.25) is 0 Å². The van der Waals surface area contributed by atoms with Gasteiger partial charge in [-0.1, -0.05) is 37.6 Å². The first-order valence-corrected chi connectivity index (χ1v) is 10.3. The second-order valence-corrected chi connectivity index (χ2v) is 7.11. The third-order valence-electron chi connectivity index (χ3n) is 5.11. The summed E-state index contributed by atoms with van der Waals surface area (Å²) in [6.07, 6.45) is 1.77. The van der Waals surface area contributed by atoms with Crippen molar-refractivity contribution in [3.8, 4) is 5.75 Å². The van der Waals surface area contributed by atoms with E-state index in [0.717, 1.165) is 24.3 Å². The van der Waals surface area contributed by atoms with E-state index in [1.165, 1.54) is 0 Å². The second kappa shape index (κ2) is 10.5. The number of benzene rings is 2. The zero-order chi connectivity index (χ0) is 21.3. The predicted octanol–water partition coefficient (Wildman–Crippen LogP) is 4.01. The zero-order valence-electron chi connectivity index (χ0n) is 17.6. The van der Waals surface area contributed by atoms with Gasteiger partial charge in [0.2, 0.25) is 0 Å². The van der Waals surface area contributed by atoms with E-state index in [1.54, 1.807) is 36.3 Å². The van der Waals surface area contributed by atoms with Crippen LogP contribution < -0.4 is 15.0 Å².